The first kappa shape index (κ1) is 23.4. The van der Waals surface area contributed by atoms with Gasteiger partial charge in [-0.1, -0.05) is 42.5 Å². The van der Waals surface area contributed by atoms with E-state index in [0.29, 0.717) is 23.1 Å². The molecular formula is C23H23N3O7S. The van der Waals surface area contributed by atoms with Crippen molar-refractivity contribution in [2.45, 2.75) is 35.8 Å². The van der Waals surface area contributed by atoms with E-state index in [4.69, 9.17) is 9.52 Å². The standard InChI is InChI=1S/C23H23N3O7S/c27-19(21-25-16-9-4-5-10-17(16)33-21)23(11-6-12-23)26-20(28)18(13-24-22(29)30)34(31,32)14-15-7-2-1-3-8-15/h1-5,7-10,18,24H,6,11-14H2,(H,26,28)(H,29,30). The van der Waals surface area contributed by atoms with Crippen LogP contribution in [0.5, 0.6) is 0 Å². The third kappa shape index (κ3) is 4.79. The van der Waals surface area contributed by atoms with Crippen LogP contribution in [0.4, 0.5) is 4.79 Å². The minimum absolute atomic E-state index is 0.173. The Labute approximate surface area is 195 Å². The van der Waals surface area contributed by atoms with Gasteiger partial charge in [0.05, 0.1) is 5.75 Å². The van der Waals surface area contributed by atoms with Crippen molar-refractivity contribution < 1.29 is 32.3 Å². The Morgan fingerprint density at radius 2 is 1.74 bits per heavy atom. The molecule has 34 heavy (non-hydrogen) atoms. The van der Waals surface area contributed by atoms with E-state index < -0.39 is 50.7 Å². The highest BCUT2D eigenvalue weighted by atomic mass is 32.2. The lowest BCUT2D eigenvalue weighted by Gasteiger charge is -2.40. The Bertz CT molecular complexity index is 1300. The molecule has 11 heteroatoms. The fourth-order valence-corrected chi connectivity index (χ4v) is 5.48. The van der Waals surface area contributed by atoms with Crippen molar-refractivity contribution in [3.8, 4) is 0 Å². The molecule has 1 unspecified atom stereocenters. The Kier molecular flexibility index (Phi) is 6.38. The van der Waals surface area contributed by atoms with Gasteiger partial charge in [-0.3, -0.25) is 9.59 Å². The van der Waals surface area contributed by atoms with E-state index in [2.05, 4.69) is 10.3 Å². The Morgan fingerprint density at radius 1 is 1.06 bits per heavy atom. The van der Waals surface area contributed by atoms with Crippen LogP contribution in [0.2, 0.25) is 0 Å². The highest BCUT2D eigenvalue weighted by Gasteiger charge is 2.49. The van der Waals surface area contributed by atoms with E-state index >= 15 is 0 Å². The van der Waals surface area contributed by atoms with Crippen LogP contribution in [0.1, 0.15) is 35.5 Å². The Morgan fingerprint density at radius 3 is 2.35 bits per heavy atom. The summed E-state index contributed by atoms with van der Waals surface area (Å²) >= 11 is 0. The molecule has 0 aliphatic heterocycles. The number of hydrogen-bond donors (Lipinski definition) is 3. The topological polar surface area (TPSA) is 156 Å². The Balaban J connectivity index is 1.58. The minimum Gasteiger partial charge on any atom is -0.465 e. The maximum atomic E-state index is 13.3. The first-order valence-electron chi connectivity index (χ1n) is 10.6. The molecule has 1 atom stereocenters. The second-order valence-electron chi connectivity index (χ2n) is 8.21. The van der Waals surface area contributed by atoms with Crippen molar-refractivity contribution in [1.82, 2.24) is 15.6 Å². The van der Waals surface area contributed by atoms with Gasteiger partial charge in [0.1, 0.15) is 11.1 Å². The highest BCUT2D eigenvalue weighted by molar-refractivity contribution is 7.92. The van der Waals surface area contributed by atoms with Gasteiger partial charge in [-0.15, -0.1) is 0 Å². The van der Waals surface area contributed by atoms with Crippen molar-refractivity contribution in [3.63, 3.8) is 0 Å². The number of para-hydroxylation sites is 2. The minimum atomic E-state index is -4.13. The Hall–Kier alpha value is -3.73. The number of hydrogen-bond acceptors (Lipinski definition) is 7. The molecule has 0 radical (unpaired) electrons. The number of aromatic nitrogens is 1. The van der Waals surface area contributed by atoms with E-state index in [1.807, 2.05) is 5.32 Å². The van der Waals surface area contributed by atoms with Crippen LogP contribution < -0.4 is 10.6 Å². The lowest BCUT2D eigenvalue weighted by molar-refractivity contribution is -0.123. The highest BCUT2D eigenvalue weighted by Crippen LogP contribution is 2.36. The van der Waals surface area contributed by atoms with Gasteiger partial charge in [0.15, 0.2) is 20.7 Å². The van der Waals surface area contributed by atoms with Crippen LogP contribution in [0.15, 0.2) is 59.0 Å². The lowest BCUT2D eigenvalue weighted by Crippen LogP contribution is -2.62. The van der Waals surface area contributed by atoms with E-state index in [9.17, 15) is 22.8 Å². The molecule has 1 aliphatic rings. The molecular weight excluding hydrogens is 462 g/mol. The van der Waals surface area contributed by atoms with E-state index in [1.165, 1.54) is 0 Å². The molecule has 0 saturated heterocycles. The zero-order valence-electron chi connectivity index (χ0n) is 18.1. The molecule has 0 spiro atoms. The summed E-state index contributed by atoms with van der Waals surface area (Å²) < 4.78 is 31.7. The molecule has 1 fully saturated rings. The second-order valence-corrected chi connectivity index (χ2v) is 10.4. The van der Waals surface area contributed by atoms with Crippen LogP contribution in [0, 0.1) is 0 Å². The monoisotopic (exact) mass is 485 g/mol. The zero-order valence-corrected chi connectivity index (χ0v) is 18.9. The number of nitrogens with one attached hydrogen (secondary N) is 2. The van der Waals surface area contributed by atoms with Gasteiger partial charge >= 0.3 is 6.09 Å². The molecule has 1 aromatic heterocycles. The van der Waals surface area contributed by atoms with Gasteiger partial charge in [0.25, 0.3) is 5.89 Å². The fraction of sp³-hybridized carbons (Fsp3) is 0.304. The summed E-state index contributed by atoms with van der Waals surface area (Å²) in [6.45, 7) is -0.649. The average Bonchev–Trinajstić information content (AvgIpc) is 3.20. The summed E-state index contributed by atoms with van der Waals surface area (Å²) in [5.41, 5.74) is -0.000368. The van der Waals surface area contributed by atoms with Gasteiger partial charge in [-0.05, 0) is 37.0 Å². The first-order chi connectivity index (χ1) is 16.2. The number of carbonyl (C=O) groups excluding carboxylic acids is 2. The molecule has 10 nitrogen and oxygen atoms in total. The molecule has 3 N–H and O–H groups in total. The SMILES string of the molecule is O=C(O)NCC(C(=O)NC1(C(=O)c2nc3ccccc3o2)CCC1)S(=O)(=O)Cc1ccccc1. The summed E-state index contributed by atoms with van der Waals surface area (Å²) in [6.07, 6.45) is -0.253. The summed E-state index contributed by atoms with van der Waals surface area (Å²) in [7, 11) is -4.13. The number of rotatable bonds is 9. The smallest absolute Gasteiger partial charge is 0.404 e. The summed E-state index contributed by atoms with van der Waals surface area (Å²) in [5.74, 6) is -2.13. The number of carbonyl (C=O) groups is 3. The fourth-order valence-electron chi connectivity index (χ4n) is 3.90. The molecule has 2 amide bonds. The molecule has 1 heterocycles. The number of nitrogens with zero attached hydrogens (tertiary/aromatic N) is 1. The number of ketones is 1. The molecule has 3 aromatic rings. The van der Waals surface area contributed by atoms with Crippen molar-refractivity contribution in [1.29, 1.82) is 0 Å². The average molecular weight is 486 g/mol. The van der Waals surface area contributed by atoms with Gasteiger partial charge < -0.3 is 20.2 Å². The number of fused-ring (bicyclic) bond motifs is 1. The van der Waals surface area contributed by atoms with Gasteiger partial charge in [0, 0.05) is 6.54 Å². The molecule has 1 saturated carbocycles. The van der Waals surface area contributed by atoms with Gasteiger partial charge in [0.2, 0.25) is 11.7 Å². The number of amides is 2. The summed E-state index contributed by atoms with van der Waals surface area (Å²) in [5, 5.41) is 11.8. The van der Waals surface area contributed by atoms with Gasteiger partial charge in [-0.2, -0.15) is 0 Å². The third-order valence-corrected chi connectivity index (χ3v) is 7.85. The summed E-state index contributed by atoms with van der Waals surface area (Å²) in [4.78, 5) is 41.7. The third-order valence-electron chi connectivity index (χ3n) is 5.87. The van der Waals surface area contributed by atoms with E-state index in [1.54, 1.807) is 54.6 Å². The molecule has 0 bridgehead atoms. The first-order valence-corrected chi connectivity index (χ1v) is 12.4. The van der Waals surface area contributed by atoms with Crippen LogP contribution in [-0.4, -0.2) is 53.6 Å². The summed E-state index contributed by atoms with van der Waals surface area (Å²) in [6, 6.07) is 15.1. The van der Waals surface area contributed by atoms with Crippen molar-refractivity contribution in [2.75, 3.05) is 6.54 Å². The number of Topliss-reactive ketones (excluding diaryl/α,β-unsaturated/α-hetero) is 1. The van der Waals surface area contributed by atoms with E-state index in [-0.39, 0.29) is 18.7 Å². The largest absolute Gasteiger partial charge is 0.465 e. The quantitative estimate of drug-likeness (QED) is 0.390. The number of carboxylic acid groups (broad SMARTS) is 1. The van der Waals surface area contributed by atoms with E-state index in [0.717, 1.165) is 0 Å². The number of sulfone groups is 1. The lowest BCUT2D eigenvalue weighted by atomic mass is 9.73. The molecule has 4 rings (SSSR count). The van der Waals surface area contributed by atoms with Crippen molar-refractivity contribution in [3.05, 3.63) is 66.1 Å². The predicted octanol–water partition coefficient (Wildman–Crippen LogP) is 2.30. The maximum Gasteiger partial charge on any atom is 0.404 e. The maximum absolute atomic E-state index is 13.3. The van der Waals surface area contributed by atoms with Gasteiger partial charge in [-0.25, -0.2) is 18.2 Å². The van der Waals surface area contributed by atoms with Crippen molar-refractivity contribution >= 4 is 38.7 Å². The second kappa shape index (κ2) is 9.26. The predicted molar refractivity (Wildman–Crippen MR) is 122 cm³/mol. The molecule has 2 aromatic carbocycles. The van der Waals surface area contributed by atoms with Crippen LogP contribution in [0.3, 0.4) is 0 Å². The number of oxazole rings is 1. The van der Waals surface area contributed by atoms with Crippen LogP contribution in [0.25, 0.3) is 11.1 Å². The molecule has 1 aliphatic carbocycles. The zero-order chi connectivity index (χ0) is 24.3. The van der Waals surface area contributed by atoms with Crippen molar-refractivity contribution in [2.24, 2.45) is 0 Å². The molecule has 178 valence electrons. The number of benzene rings is 2. The van der Waals surface area contributed by atoms with Crippen LogP contribution >= 0.6 is 0 Å². The normalized spacial score (nSPS) is 15.8. The van der Waals surface area contributed by atoms with Crippen LogP contribution in [-0.2, 0) is 20.4 Å².